The minimum absolute atomic E-state index is 0.393. The second kappa shape index (κ2) is 8.38. The Kier molecular flexibility index (Phi) is 6.48. The molecule has 3 heteroatoms. The topological polar surface area (TPSA) is 24.9 Å². The van der Waals surface area contributed by atoms with E-state index in [9.17, 15) is 0 Å². The van der Waals surface area contributed by atoms with E-state index < -0.39 is 0 Å². The van der Waals surface area contributed by atoms with Crippen LogP contribution in [-0.4, -0.2) is 11.5 Å². The molecule has 2 heterocycles. The molecule has 1 atom stereocenters. The van der Waals surface area contributed by atoms with E-state index in [1.807, 2.05) is 6.20 Å². The van der Waals surface area contributed by atoms with Crippen LogP contribution < -0.4 is 5.32 Å². The van der Waals surface area contributed by atoms with Gasteiger partial charge in [0.1, 0.15) is 0 Å². The summed E-state index contributed by atoms with van der Waals surface area (Å²) in [6.07, 6.45) is 10.1. The molecule has 0 aliphatic heterocycles. The zero-order valence-corrected chi connectivity index (χ0v) is 13.5. The average Bonchev–Trinajstić information content (AvgIpc) is 2.93. The third-order valence-corrected chi connectivity index (χ3v) is 4.66. The molecule has 0 aromatic carbocycles. The van der Waals surface area contributed by atoms with Gasteiger partial charge in [-0.15, -0.1) is 11.3 Å². The number of thiophene rings is 1. The highest BCUT2D eigenvalue weighted by molar-refractivity contribution is 7.17. The third kappa shape index (κ3) is 4.57. The molecule has 0 saturated heterocycles. The van der Waals surface area contributed by atoms with Crippen molar-refractivity contribution in [1.82, 2.24) is 10.3 Å². The number of fused-ring (bicyclic) bond motifs is 1. The van der Waals surface area contributed by atoms with Crippen molar-refractivity contribution < 1.29 is 0 Å². The van der Waals surface area contributed by atoms with Gasteiger partial charge in [0.15, 0.2) is 0 Å². The first-order valence-corrected chi connectivity index (χ1v) is 8.75. The van der Waals surface area contributed by atoms with Crippen molar-refractivity contribution in [3.63, 3.8) is 0 Å². The van der Waals surface area contributed by atoms with Crippen molar-refractivity contribution in [2.24, 2.45) is 0 Å². The Morgan fingerprint density at radius 3 is 2.85 bits per heavy atom. The minimum Gasteiger partial charge on any atom is -0.310 e. The summed E-state index contributed by atoms with van der Waals surface area (Å²) in [7, 11) is 0. The van der Waals surface area contributed by atoms with Crippen LogP contribution in [0.15, 0.2) is 23.7 Å². The molecule has 0 saturated carbocycles. The molecule has 2 aromatic heterocycles. The number of nitrogens with one attached hydrogen (secondary N) is 1. The first kappa shape index (κ1) is 15.5. The van der Waals surface area contributed by atoms with E-state index in [0.29, 0.717) is 6.04 Å². The van der Waals surface area contributed by atoms with Crippen LogP contribution in [0.4, 0.5) is 0 Å². The van der Waals surface area contributed by atoms with Crippen LogP contribution in [0.2, 0.25) is 0 Å². The second-order valence-electron chi connectivity index (χ2n) is 5.52. The summed E-state index contributed by atoms with van der Waals surface area (Å²) in [6.45, 7) is 5.60. The molecular weight excluding hydrogens is 264 g/mol. The van der Waals surface area contributed by atoms with Gasteiger partial charge >= 0.3 is 0 Å². The first-order valence-electron chi connectivity index (χ1n) is 7.88. The van der Waals surface area contributed by atoms with Crippen molar-refractivity contribution in [2.45, 2.75) is 58.4 Å². The van der Waals surface area contributed by atoms with Crippen molar-refractivity contribution in [2.75, 3.05) is 6.54 Å². The number of hydrogen-bond acceptors (Lipinski definition) is 3. The summed E-state index contributed by atoms with van der Waals surface area (Å²) in [6, 6.07) is 4.74. The van der Waals surface area contributed by atoms with Crippen LogP contribution in [0, 0.1) is 0 Å². The normalized spacial score (nSPS) is 12.9. The van der Waals surface area contributed by atoms with Crippen molar-refractivity contribution in [1.29, 1.82) is 0 Å². The number of hydrogen-bond donors (Lipinski definition) is 1. The van der Waals surface area contributed by atoms with Gasteiger partial charge in [-0.2, -0.15) is 0 Å². The molecule has 0 amide bonds. The summed E-state index contributed by atoms with van der Waals surface area (Å²) >= 11 is 1.77. The molecule has 0 aliphatic rings. The van der Waals surface area contributed by atoms with Gasteiger partial charge in [-0.3, -0.25) is 4.98 Å². The number of pyridine rings is 1. The molecule has 0 bridgehead atoms. The van der Waals surface area contributed by atoms with E-state index in [0.717, 1.165) is 12.1 Å². The van der Waals surface area contributed by atoms with Gasteiger partial charge in [0.05, 0.1) is 10.2 Å². The maximum Gasteiger partial charge on any atom is 0.0809 e. The minimum atomic E-state index is 0.393. The molecule has 110 valence electrons. The summed E-state index contributed by atoms with van der Waals surface area (Å²) < 4.78 is 1.29. The predicted octanol–water partition coefficient (Wildman–Crippen LogP) is 5.31. The zero-order valence-electron chi connectivity index (χ0n) is 12.7. The third-order valence-electron chi connectivity index (χ3n) is 3.80. The summed E-state index contributed by atoms with van der Waals surface area (Å²) in [5.74, 6) is 0. The zero-order chi connectivity index (χ0) is 14.2. The molecule has 20 heavy (non-hydrogen) atoms. The Balaban J connectivity index is 1.70. The Morgan fingerprint density at radius 1 is 1.20 bits per heavy atom. The lowest BCUT2D eigenvalue weighted by Crippen LogP contribution is -2.19. The number of aromatic nitrogens is 1. The monoisotopic (exact) mass is 290 g/mol. The van der Waals surface area contributed by atoms with Crippen LogP contribution in [0.5, 0.6) is 0 Å². The van der Waals surface area contributed by atoms with Crippen molar-refractivity contribution >= 4 is 21.6 Å². The maximum atomic E-state index is 4.51. The molecule has 2 nitrogen and oxygen atoms in total. The summed E-state index contributed by atoms with van der Waals surface area (Å²) in [4.78, 5) is 4.51. The van der Waals surface area contributed by atoms with Crippen molar-refractivity contribution in [3.8, 4) is 0 Å². The Morgan fingerprint density at radius 2 is 2.00 bits per heavy atom. The van der Waals surface area contributed by atoms with Crippen LogP contribution in [0.3, 0.4) is 0 Å². The van der Waals surface area contributed by atoms with Crippen LogP contribution in [0.1, 0.15) is 64.0 Å². The smallest absolute Gasteiger partial charge is 0.0809 e. The lowest BCUT2D eigenvalue weighted by atomic mass is 10.1. The fourth-order valence-electron chi connectivity index (χ4n) is 2.44. The van der Waals surface area contributed by atoms with E-state index in [2.05, 4.69) is 41.7 Å². The molecule has 0 aliphatic carbocycles. The molecule has 2 rings (SSSR count). The van der Waals surface area contributed by atoms with Gasteiger partial charge in [0.2, 0.25) is 0 Å². The van der Waals surface area contributed by atoms with Crippen molar-refractivity contribution in [3.05, 3.63) is 29.3 Å². The van der Waals surface area contributed by atoms with E-state index in [4.69, 9.17) is 0 Å². The van der Waals surface area contributed by atoms with Crippen LogP contribution in [0.25, 0.3) is 10.2 Å². The average molecular weight is 290 g/mol. The van der Waals surface area contributed by atoms with Gasteiger partial charge < -0.3 is 5.32 Å². The van der Waals surface area contributed by atoms with Gasteiger partial charge in [-0.25, -0.2) is 0 Å². The predicted molar refractivity (Wildman–Crippen MR) is 89.4 cm³/mol. The highest BCUT2D eigenvalue weighted by Gasteiger charge is 2.06. The molecule has 0 radical (unpaired) electrons. The highest BCUT2D eigenvalue weighted by atomic mass is 32.1. The molecule has 0 spiro atoms. The molecule has 2 aromatic rings. The second-order valence-corrected chi connectivity index (χ2v) is 6.46. The van der Waals surface area contributed by atoms with E-state index >= 15 is 0 Å². The SMILES string of the molecule is CCCCCCCCNC(C)c1cnc2ccsc2c1. The quantitative estimate of drug-likeness (QED) is 0.633. The molecular formula is C17H26N2S. The lowest BCUT2D eigenvalue weighted by Gasteiger charge is -2.14. The van der Waals surface area contributed by atoms with Crippen LogP contribution in [-0.2, 0) is 0 Å². The van der Waals surface area contributed by atoms with E-state index in [1.54, 1.807) is 11.3 Å². The summed E-state index contributed by atoms with van der Waals surface area (Å²) in [5.41, 5.74) is 2.41. The van der Waals surface area contributed by atoms with Crippen LogP contribution >= 0.6 is 11.3 Å². The maximum absolute atomic E-state index is 4.51. The van der Waals surface area contributed by atoms with Gasteiger partial charge in [-0.1, -0.05) is 39.0 Å². The number of nitrogens with zero attached hydrogens (tertiary/aromatic N) is 1. The molecule has 1 N–H and O–H groups in total. The Labute approximate surface area is 126 Å². The standard InChI is InChI=1S/C17H26N2S/c1-3-4-5-6-7-8-10-18-14(2)15-12-17-16(19-13-15)9-11-20-17/h9,11-14,18H,3-8,10H2,1-2H3. The van der Waals surface area contributed by atoms with Gasteiger partial charge in [0, 0.05) is 12.2 Å². The van der Waals surface area contributed by atoms with Gasteiger partial charge in [-0.05, 0) is 43.0 Å². The number of unbranched alkanes of at least 4 members (excludes halogenated alkanes) is 5. The molecule has 0 fully saturated rings. The fraction of sp³-hybridized carbons (Fsp3) is 0.588. The van der Waals surface area contributed by atoms with Gasteiger partial charge in [0.25, 0.3) is 0 Å². The summed E-state index contributed by atoms with van der Waals surface area (Å²) in [5, 5.41) is 5.72. The largest absolute Gasteiger partial charge is 0.310 e. The van der Waals surface area contributed by atoms with E-state index in [-0.39, 0.29) is 0 Å². The highest BCUT2D eigenvalue weighted by Crippen LogP contribution is 2.22. The lowest BCUT2D eigenvalue weighted by molar-refractivity contribution is 0.527. The number of rotatable bonds is 9. The Hall–Kier alpha value is -0.930. The first-order chi connectivity index (χ1) is 9.81. The fourth-order valence-corrected chi connectivity index (χ4v) is 3.23. The molecule has 1 unspecified atom stereocenters. The Bertz CT molecular complexity index is 506. The van der Waals surface area contributed by atoms with E-state index in [1.165, 1.54) is 48.8 Å².